The zero-order valence-corrected chi connectivity index (χ0v) is 17.6. The highest BCUT2D eigenvalue weighted by atomic mass is 16.5. The van der Waals surface area contributed by atoms with Crippen molar-refractivity contribution in [3.63, 3.8) is 0 Å². The molecule has 6 heteroatoms. The van der Waals surface area contributed by atoms with E-state index in [9.17, 15) is 10.2 Å². The van der Waals surface area contributed by atoms with Gasteiger partial charge in [0.1, 0.15) is 5.75 Å². The van der Waals surface area contributed by atoms with Crippen molar-refractivity contribution < 1.29 is 19.7 Å². The first-order chi connectivity index (χ1) is 14.0. The lowest BCUT2D eigenvalue weighted by atomic mass is 10.0. The van der Waals surface area contributed by atoms with Crippen LogP contribution in [0.3, 0.4) is 0 Å². The predicted molar refractivity (Wildman–Crippen MR) is 114 cm³/mol. The van der Waals surface area contributed by atoms with Crippen molar-refractivity contribution in [2.75, 3.05) is 40.5 Å². The maximum atomic E-state index is 9.80. The van der Waals surface area contributed by atoms with E-state index in [1.807, 2.05) is 18.2 Å². The van der Waals surface area contributed by atoms with Gasteiger partial charge >= 0.3 is 0 Å². The van der Waals surface area contributed by atoms with E-state index in [1.54, 1.807) is 20.3 Å². The van der Waals surface area contributed by atoms with Gasteiger partial charge in [-0.1, -0.05) is 18.2 Å². The van der Waals surface area contributed by atoms with Gasteiger partial charge in [0.15, 0.2) is 11.5 Å². The summed E-state index contributed by atoms with van der Waals surface area (Å²) in [5.41, 5.74) is 3.52. The Morgan fingerprint density at radius 2 is 1.69 bits per heavy atom. The van der Waals surface area contributed by atoms with Crippen LogP contribution in [0.1, 0.15) is 23.1 Å². The summed E-state index contributed by atoms with van der Waals surface area (Å²) in [6.45, 7) is 6.73. The molecule has 0 saturated carbocycles. The van der Waals surface area contributed by atoms with Crippen LogP contribution < -0.4 is 9.47 Å². The summed E-state index contributed by atoms with van der Waals surface area (Å²) in [4.78, 5) is 4.87. The van der Waals surface area contributed by atoms with Crippen LogP contribution in [0.25, 0.3) is 0 Å². The molecule has 0 unspecified atom stereocenters. The van der Waals surface area contributed by atoms with Crippen LogP contribution in [0, 0.1) is 6.92 Å². The second kappa shape index (κ2) is 9.96. The van der Waals surface area contributed by atoms with E-state index in [-0.39, 0.29) is 12.4 Å². The highest BCUT2D eigenvalue weighted by molar-refractivity contribution is 5.41. The number of phenolic OH excluding ortho intramolecular Hbond substituents is 1. The summed E-state index contributed by atoms with van der Waals surface area (Å²) in [6, 6.07) is 12.1. The van der Waals surface area contributed by atoms with E-state index in [1.165, 1.54) is 5.56 Å². The van der Waals surface area contributed by atoms with Crippen LogP contribution in [0.4, 0.5) is 0 Å². The number of piperazine rings is 1. The minimum atomic E-state index is 0.161. The zero-order valence-electron chi connectivity index (χ0n) is 17.6. The Hall–Kier alpha value is -2.28. The standard InChI is InChI=1S/C23H32N2O4/c1-17-12-18(5-7-22(17)28-2)15-25-10-9-24(16-20(25)8-11-26)14-19-4-6-21(27)23(13-19)29-3/h4-7,12-13,20,26-27H,8-11,14-16H2,1-3H3/t20-/m0/s1. The Kier molecular flexibility index (Phi) is 7.36. The first-order valence-electron chi connectivity index (χ1n) is 10.1. The van der Waals surface area contributed by atoms with Crippen LogP contribution >= 0.6 is 0 Å². The number of hydrogen-bond donors (Lipinski definition) is 2. The Bertz CT molecular complexity index is 811. The third-order valence-corrected chi connectivity index (χ3v) is 5.65. The van der Waals surface area contributed by atoms with Gasteiger partial charge in [-0.05, 0) is 48.2 Å². The number of aromatic hydroxyl groups is 1. The summed E-state index contributed by atoms with van der Waals surface area (Å²) in [5, 5.41) is 19.4. The SMILES string of the molecule is COc1ccc(CN2CCN(Cc3ccc(O)c(OC)c3)C[C@@H]2CCO)cc1C. The minimum absolute atomic E-state index is 0.161. The number of methoxy groups -OCH3 is 2. The number of phenols is 1. The Morgan fingerprint density at radius 1 is 0.966 bits per heavy atom. The van der Waals surface area contributed by atoms with E-state index in [4.69, 9.17) is 9.47 Å². The zero-order chi connectivity index (χ0) is 20.8. The average molecular weight is 401 g/mol. The molecule has 6 nitrogen and oxygen atoms in total. The lowest BCUT2D eigenvalue weighted by Crippen LogP contribution is -2.52. The quantitative estimate of drug-likeness (QED) is 0.710. The molecule has 2 aromatic carbocycles. The Morgan fingerprint density at radius 3 is 2.38 bits per heavy atom. The van der Waals surface area contributed by atoms with Gasteiger partial charge in [0.05, 0.1) is 14.2 Å². The summed E-state index contributed by atoms with van der Waals surface area (Å²) >= 11 is 0. The van der Waals surface area contributed by atoms with E-state index in [2.05, 4.69) is 28.9 Å². The van der Waals surface area contributed by atoms with Crippen molar-refractivity contribution in [2.45, 2.75) is 32.5 Å². The van der Waals surface area contributed by atoms with Gasteiger partial charge in [0.25, 0.3) is 0 Å². The van der Waals surface area contributed by atoms with Crippen molar-refractivity contribution in [3.05, 3.63) is 53.1 Å². The summed E-state index contributed by atoms with van der Waals surface area (Å²) < 4.78 is 10.6. The summed E-state index contributed by atoms with van der Waals surface area (Å²) in [6.07, 6.45) is 0.754. The molecule has 0 bridgehead atoms. The van der Waals surface area contributed by atoms with E-state index in [0.717, 1.165) is 56.0 Å². The number of aliphatic hydroxyl groups is 1. The fourth-order valence-corrected chi connectivity index (χ4v) is 4.08. The van der Waals surface area contributed by atoms with Crippen molar-refractivity contribution in [1.29, 1.82) is 0 Å². The monoisotopic (exact) mass is 400 g/mol. The van der Waals surface area contributed by atoms with Crippen molar-refractivity contribution >= 4 is 0 Å². The lowest BCUT2D eigenvalue weighted by Gasteiger charge is -2.41. The fourth-order valence-electron chi connectivity index (χ4n) is 4.08. The van der Waals surface area contributed by atoms with Gasteiger partial charge in [-0.2, -0.15) is 0 Å². The number of hydrogen-bond acceptors (Lipinski definition) is 6. The summed E-state index contributed by atoms with van der Waals surface area (Å²) in [7, 11) is 3.26. The molecule has 1 aliphatic rings. The highest BCUT2D eigenvalue weighted by Crippen LogP contribution is 2.28. The molecule has 29 heavy (non-hydrogen) atoms. The molecular weight excluding hydrogens is 368 g/mol. The second-order valence-corrected chi connectivity index (χ2v) is 7.68. The van der Waals surface area contributed by atoms with Crippen LogP contribution in [-0.4, -0.2) is 66.5 Å². The van der Waals surface area contributed by atoms with Crippen molar-refractivity contribution in [3.8, 4) is 17.2 Å². The number of rotatable bonds is 8. The van der Waals surface area contributed by atoms with Crippen LogP contribution in [0.2, 0.25) is 0 Å². The second-order valence-electron chi connectivity index (χ2n) is 7.68. The molecule has 0 amide bonds. The normalized spacial score (nSPS) is 18.0. The smallest absolute Gasteiger partial charge is 0.160 e. The third-order valence-electron chi connectivity index (χ3n) is 5.65. The minimum Gasteiger partial charge on any atom is -0.504 e. The number of nitrogens with zero attached hydrogens (tertiary/aromatic N) is 2. The molecule has 0 aromatic heterocycles. The molecule has 0 aliphatic carbocycles. The highest BCUT2D eigenvalue weighted by Gasteiger charge is 2.27. The molecule has 0 radical (unpaired) electrons. The van der Waals surface area contributed by atoms with Gasteiger partial charge in [-0.15, -0.1) is 0 Å². The van der Waals surface area contributed by atoms with Gasteiger partial charge < -0.3 is 19.7 Å². The molecule has 1 fully saturated rings. The lowest BCUT2D eigenvalue weighted by molar-refractivity contribution is 0.0499. The van der Waals surface area contributed by atoms with Crippen LogP contribution in [-0.2, 0) is 13.1 Å². The molecule has 1 heterocycles. The topological polar surface area (TPSA) is 65.4 Å². The van der Waals surface area contributed by atoms with E-state index < -0.39 is 0 Å². The molecule has 1 saturated heterocycles. The number of benzene rings is 2. The molecule has 1 aliphatic heterocycles. The molecular formula is C23H32N2O4. The first-order valence-corrected chi connectivity index (χ1v) is 10.1. The number of aryl methyl sites for hydroxylation is 1. The Balaban J connectivity index is 1.65. The maximum Gasteiger partial charge on any atom is 0.160 e. The fraction of sp³-hybridized carbons (Fsp3) is 0.478. The number of aliphatic hydroxyl groups excluding tert-OH is 1. The van der Waals surface area contributed by atoms with Crippen molar-refractivity contribution in [1.82, 2.24) is 9.80 Å². The van der Waals surface area contributed by atoms with Crippen LogP contribution in [0.5, 0.6) is 17.2 Å². The van der Waals surface area contributed by atoms with Gasteiger partial charge in [0, 0.05) is 45.4 Å². The predicted octanol–water partition coefficient (Wildman–Crippen LogP) is 2.79. The third kappa shape index (κ3) is 5.41. The van der Waals surface area contributed by atoms with Crippen LogP contribution in [0.15, 0.2) is 36.4 Å². The average Bonchev–Trinajstić information content (AvgIpc) is 2.71. The molecule has 2 N–H and O–H groups in total. The number of ether oxygens (including phenoxy) is 2. The van der Waals surface area contributed by atoms with Gasteiger partial charge in [-0.25, -0.2) is 0 Å². The maximum absolute atomic E-state index is 9.80. The van der Waals surface area contributed by atoms with E-state index >= 15 is 0 Å². The largest absolute Gasteiger partial charge is 0.504 e. The molecule has 3 rings (SSSR count). The summed E-state index contributed by atoms with van der Waals surface area (Å²) in [5.74, 6) is 1.58. The first kappa shape index (κ1) is 21.4. The molecule has 0 spiro atoms. The van der Waals surface area contributed by atoms with Gasteiger partial charge in [0.2, 0.25) is 0 Å². The van der Waals surface area contributed by atoms with Gasteiger partial charge in [-0.3, -0.25) is 9.80 Å². The molecule has 2 aromatic rings. The van der Waals surface area contributed by atoms with E-state index in [0.29, 0.717) is 11.8 Å². The molecule has 1 atom stereocenters. The molecule has 158 valence electrons. The Labute approximate surface area is 173 Å². The van der Waals surface area contributed by atoms with Crippen molar-refractivity contribution in [2.24, 2.45) is 0 Å².